The van der Waals surface area contributed by atoms with E-state index in [-0.39, 0.29) is 16.7 Å². The van der Waals surface area contributed by atoms with Crippen LogP contribution in [0.15, 0.2) is 18.2 Å². The molecule has 6 heteroatoms. The molecule has 0 aliphatic carbocycles. The van der Waals surface area contributed by atoms with Crippen LogP contribution in [0.4, 0.5) is 11.4 Å². The van der Waals surface area contributed by atoms with Crippen LogP contribution in [-0.4, -0.2) is 37.3 Å². The molecule has 0 spiro atoms. The van der Waals surface area contributed by atoms with Gasteiger partial charge < -0.3 is 15.4 Å². The Morgan fingerprint density at radius 3 is 3.11 bits per heavy atom. The molecule has 1 aliphatic rings. The lowest BCUT2D eigenvalue weighted by molar-refractivity contribution is -0.384. The molecule has 18 heavy (non-hydrogen) atoms. The fourth-order valence-electron chi connectivity index (χ4n) is 2.03. The number of para-hydroxylation sites is 1. The first kappa shape index (κ1) is 12.8. The van der Waals surface area contributed by atoms with Crippen LogP contribution in [0.25, 0.3) is 0 Å². The number of anilines is 1. The van der Waals surface area contributed by atoms with Gasteiger partial charge in [-0.05, 0) is 13.0 Å². The van der Waals surface area contributed by atoms with Crippen LogP contribution >= 0.6 is 0 Å². The number of hydrogen-bond donors (Lipinski definition) is 2. The fraction of sp³-hybridized carbons (Fsp3) is 0.500. The largest absolute Gasteiger partial charge is 0.378 e. The van der Waals surface area contributed by atoms with Crippen LogP contribution < -0.4 is 10.6 Å². The van der Waals surface area contributed by atoms with E-state index in [0.717, 1.165) is 13.2 Å². The maximum absolute atomic E-state index is 11.0. The molecule has 2 rings (SSSR count). The topological polar surface area (TPSA) is 76.4 Å². The van der Waals surface area contributed by atoms with Crippen molar-refractivity contribution in [2.75, 3.05) is 31.6 Å². The van der Waals surface area contributed by atoms with E-state index in [0.29, 0.717) is 24.4 Å². The fourth-order valence-corrected chi connectivity index (χ4v) is 2.03. The zero-order valence-electron chi connectivity index (χ0n) is 10.3. The summed E-state index contributed by atoms with van der Waals surface area (Å²) in [6.07, 6.45) is 0. The lowest BCUT2D eigenvalue weighted by Gasteiger charge is -2.24. The molecular formula is C12H17N3O3. The van der Waals surface area contributed by atoms with E-state index in [1.54, 1.807) is 19.1 Å². The van der Waals surface area contributed by atoms with Gasteiger partial charge >= 0.3 is 0 Å². The van der Waals surface area contributed by atoms with Gasteiger partial charge in [-0.15, -0.1) is 0 Å². The Hall–Kier alpha value is -1.66. The van der Waals surface area contributed by atoms with E-state index in [9.17, 15) is 10.1 Å². The number of morpholine rings is 1. The molecule has 1 unspecified atom stereocenters. The minimum Gasteiger partial charge on any atom is -0.378 e. The maximum atomic E-state index is 11.0. The minimum absolute atomic E-state index is 0.147. The van der Waals surface area contributed by atoms with E-state index in [1.165, 1.54) is 0 Å². The number of nitrogens with zero attached hydrogens (tertiary/aromatic N) is 1. The number of nitro groups is 1. The van der Waals surface area contributed by atoms with Gasteiger partial charge in [0.05, 0.1) is 18.1 Å². The van der Waals surface area contributed by atoms with Gasteiger partial charge in [-0.25, -0.2) is 0 Å². The van der Waals surface area contributed by atoms with Gasteiger partial charge in [0.2, 0.25) is 0 Å². The molecule has 0 radical (unpaired) electrons. The quantitative estimate of drug-likeness (QED) is 0.623. The average molecular weight is 251 g/mol. The van der Waals surface area contributed by atoms with Crippen LogP contribution in [-0.2, 0) is 4.74 Å². The van der Waals surface area contributed by atoms with Gasteiger partial charge in [0.15, 0.2) is 0 Å². The Balaban J connectivity index is 2.04. The van der Waals surface area contributed by atoms with Gasteiger partial charge in [0.1, 0.15) is 5.69 Å². The van der Waals surface area contributed by atoms with E-state index >= 15 is 0 Å². The van der Waals surface area contributed by atoms with Crippen LogP contribution in [0.2, 0.25) is 0 Å². The highest BCUT2D eigenvalue weighted by Gasteiger charge is 2.18. The van der Waals surface area contributed by atoms with Crippen molar-refractivity contribution in [3.63, 3.8) is 0 Å². The normalized spacial score (nSPS) is 19.5. The summed E-state index contributed by atoms with van der Waals surface area (Å²) < 4.78 is 5.34. The number of benzene rings is 1. The van der Waals surface area contributed by atoms with Crippen molar-refractivity contribution < 1.29 is 9.66 Å². The van der Waals surface area contributed by atoms with E-state index in [4.69, 9.17) is 4.74 Å². The molecule has 98 valence electrons. The Kier molecular flexibility index (Phi) is 4.11. The van der Waals surface area contributed by atoms with E-state index in [1.807, 2.05) is 6.07 Å². The number of aryl methyl sites for hydroxylation is 1. The smallest absolute Gasteiger partial charge is 0.295 e. The first-order chi connectivity index (χ1) is 8.68. The van der Waals surface area contributed by atoms with E-state index in [2.05, 4.69) is 10.6 Å². The lowest BCUT2D eigenvalue weighted by atomic mass is 10.1. The summed E-state index contributed by atoms with van der Waals surface area (Å²) in [7, 11) is 0. The third-order valence-corrected chi connectivity index (χ3v) is 2.96. The van der Waals surface area contributed by atoms with Gasteiger partial charge in [0, 0.05) is 24.7 Å². The first-order valence-electron chi connectivity index (χ1n) is 5.97. The van der Waals surface area contributed by atoms with Crippen LogP contribution in [0.5, 0.6) is 0 Å². The predicted octanol–water partition coefficient (Wildman–Crippen LogP) is 1.30. The molecule has 1 aliphatic heterocycles. The number of nitrogens with one attached hydrogen (secondary N) is 2. The Morgan fingerprint density at radius 2 is 2.44 bits per heavy atom. The number of ether oxygens (including phenoxy) is 1. The second-order valence-corrected chi connectivity index (χ2v) is 4.34. The Bertz CT molecular complexity index is 431. The summed E-state index contributed by atoms with van der Waals surface area (Å²) >= 11 is 0. The number of rotatable bonds is 4. The minimum atomic E-state index is -0.345. The molecule has 0 bridgehead atoms. The maximum Gasteiger partial charge on any atom is 0.295 e. The molecule has 0 saturated carbocycles. The average Bonchev–Trinajstić information content (AvgIpc) is 2.37. The molecular weight excluding hydrogens is 234 g/mol. The lowest BCUT2D eigenvalue weighted by Crippen LogP contribution is -2.45. The van der Waals surface area contributed by atoms with Crippen molar-refractivity contribution in [3.05, 3.63) is 33.9 Å². The number of nitro benzene ring substituents is 1. The SMILES string of the molecule is Cc1cccc(NCC2COCCN2)c1[N+](=O)[O-]. The summed E-state index contributed by atoms with van der Waals surface area (Å²) in [5.74, 6) is 0. The standard InChI is InChI=1S/C12H17N3O3/c1-9-3-2-4-11(12(9)15(16)17)14-7-10-8-18-6-5-13-10/h2-4,10,13-14H,5-8H2,1H3. The van der Waals surface area contributed by atoms with Gasteiger partial charge in [0.25, 0.3) is 5.69 Å². The van der Waals surface area contributed by atoms with Crippen LogP contribution in [0.1, 0.15) is 5.56 Å². The molecule has 6 nitrogen and oxygen atoms in total. The van der Waals surface area contributed by atoms with Crippen molar-refractivity contribution in [1.82, 2.24) is 5.32 Å². The summed E-state index contributed by atoms with van der Waals surface area (Å²) in [5, 5.41) is 17.4. The van der Waals surface area contributed by atoms with Gasteiger partial charge in [-0.2, -0.15) is 0 Å². The zero-order chi connectivity index (χ0) is 13.0. The van der Waals surface area contributed by atoms with Gasteiger partial charge in [-0.3, -0.25) is 10.1 Å². The molecule has 1 heterocycles. The number of hydrogen-bond acceptors (Lipinski definition) is 5. The van der Waals surface area contributed by atoms with Crippen molar-refractivity contribution in [3.8, 4) is 0 Å². The molecule has 1 saturated heterocycles. The van der Waals surface area contributed by atoms with Crippen molar-refractivity contribution in [2.24, 2.45) is 0 Å². The van der Waals surface area contributed by atoms with Gasteiger partial charge in [-0.1, -0.05) is 12.1 Å². The molecule has 1 atom stereocenters. The highest BCUT2D eigenvalue weighted by atomic mass is 16.6. The molecule has 1 aromatic rings. The third kappa shape index (κ3) is 2.96. The summed E-state index contributed by atoms with van der Waals surface area (Å²) in [6.45, 7) is 4.53. The monoisotopic (exact) mass is 251 g/mol. The van der Waals surface area contributed by atoms with Crippen molar-refractivity contribution in [1.29, 1.82) is 0 Å². The van der Waals surface area contributed by atoms with Crippen molar-refractivity contribution in [2.45, 2.75) is 13.0 Å². The zero-order valence-corrected chi connectivity index (χ0v) is 10.3. The van der Waals surface area contributed by atoms with Crippen LogP contribution in [0.3, 0.4) is 0 Å². The first-order valence-corrected chi connectivity index (χ1v) is 5.97. The Labute approximate surface area is 105 Å². The molecule has 1 fully saturated rings. The molecule has 0 amide bonds. The Morgan fingerprint density at radius 1 is 1.61 bits per heavy atom. The highest BCUT2D eigenvalue weighted by Crippen LogP contribution is 2.27. The second kappa shape index (κ2) is 5.79. The second-order valence-electron chi connectivity index (χ2n) is 4.34. The van der Waals surface area contributed by atoms with E-state index < -0.39 is 0 Å². The highest BCUT2D eigenvalue weighted by molar-refractivity contribution is 5.65. The molecule has 0 aromatic heterocycles. The third-order valence-electron chi connectivity index (χ3n) is 2.96. The van der Waals surface area contributed by atoms with Crippen molar-refractivity contribution >= 4 is 11.4 Å². The summed E-state index contributed by atoms with van der Waals surface area (Å²) in [6, 6.07) is 5.48. The molecule has 2 N–H and O–H groups in total. The molecule has 1 aromatic carbocycles. The summed E-state index contributed by atoms with van der Waals surface area (Å²) in [4.78, 5) is 10.7. The predicted molar refractivity (Wildman–Crippen MR) is 68.9 cm³/mol. The summed E-state index contributed by atoms with van der Waals surface area (Å²) in [5.41, 5.74) is 1.37. The van der Waals surface area contributed by atoms with Crippen LogP contribution in [0, 0.1) is 17.0 Å².